The van der Waals surface area contributed by atoms with Gasteiger partial charge < -0.3 is 19.5 Å². The zero-order valence-electron chi connectivity index (χ0n) is 14.6. The van der Waals surface area contributed by atoms with Gasteiger partial charge in [-0.25, -0.2) is 4.79 Å². The maximum atomic E-state index is 12.4. The number of benzene rings is 1. The van der Waals surface area contributed by atoms with Crippen LogP contribution in [0.2, 0.25) is 0 Å². The number of nitrogens with one attached hydrogen (secondary N) is 1. The number of carbonyl (C=O) groups excluding carboxylic acids is 2. The lowest BCUT2D eigenvalue weighted by Crippen LogP contribution is -2.32. The summed E-state index contributed by atoms with van der Waals surface area (Å²) in [7, 11) is 4.27. The molecule has 0 aliphatic carbocycles. The summed E-state index contributed by atoms with van der Waals surface area (Å²) >= 11 is 0. The summed E-state index contributed by atoms with van der Waals surface area (Å²) in [4.78, 5) is 24.6. The van der Waals surface area contributed by atoms with E-state index in [0.29, 0.717) is 17.1 Å². The Morgan fingerprint density at radius 2 is 1.96 bits per heavy atom. The van der Waals surface area contributed by atoms with Gasteiger partial charge in [-0.3, -0.25) is 4.79 Å². The average Bonchev–Trinajstić information content (AvgIpc) is 3.13. The van der Waals surface area contributed by atoms with Crippen LogP contribution in [0.1, 0.15) is 18.5 Å². The second-order valence-electron chi connectivity index (χ2n) is 5.42. The summed E-state index contributed by atoms with van der Waals surface area (Å²) in [6.07, 6.45) is 0. The third-order valence-corrected chi connectivity index (χ3v) is 4.02. The van der Waals surface area contributed by atoms with Crippen molar-refractivity contribution in [2.24, 2.45) is 0 Å². The number of hydrogen-bond acceptors (Lipinski definition) is 9. The number of rotatable bonds is 5. The van der Waals surface area contributed by atoms with Crippen molar-refractivity contribution in [2.75, 3.05) is 26.6 Å². The number of carbonyl (C=O) groups is 2. The van der Waals surface area contributed by atoms with Crippen molar-refractivity contribution in [1.29, 1.82) is 0 Å². The Bertz CT molecular complexity index is 904. The fraction of sp³-hybridized carbons (Fsp3) is 0.312. The normalized spacial score (nSPS) is 15.8. The van der Waals surface area contributed by atoms with Gasteiger partial charge >= 0.3 is 5.97 Å². The second kappa shape index (κ2) is 6.82. The van der Waals surface area contributed by atoms with Gasteiger partial charge in [0.25, 0.3) is 0 Å². The predicted molar refractivity (Wildman–Crippen MR) is 88.8 cm³/mol. The zero-order valence-corrected chi connectivity index (χ0v) is 14.6. The Morgan fingerprint density at radius 1 is 1.19 bits per heavy atom. The highest BCUT2D eigenvalue weighted by Gasteiger charge is 2.38. The fourth-order valence-electron chi connectivity index (χ4n) is 2.85. The van der Waals surface area contributed by atoms with Gasteiger partial charge in [0.15, 0.2) is 5.78 Å². The maximum Gasteiger partial charge on any atom is 0.355 e. The van der Waals surface area contributed by atoms with E-state index in [-0.39, 0.29) is 23.0 Å². The minimum Gasteiger partial charge on any atom is -0.497 e. The van der Waals surface area contributed by atoms with Crippen LogP contribution < -0.4 is 14.8 Å². The number of tetrazole rings is 1. The largest absolute Gasteiger partial charge is 0.497 e. The molecule has 0 amide bonds. The van der Waals surface area contributed by atoms with E-state index in [2.05, 4.69) is 20.8 Å². The number of Topliss-reactive ketones (excluding diaryl/α,β-unsaturated/α-hetero) is 1. The molecule has 0 unspecified atom stereocenters. The lowest BCUT2D eigenvalue weighted by molar-refractivity contribution is -0.136. The van der Waals surface area contributed by atoms with Gasteiger partial charge in [0, 0.05) is 11.6 Å². The Balaban J connectivity index is 2.28. The number of esters is 1. The summed E-state index contributed by atoms with van der Waals surface area (Å²) < 4.78 is 16.9. The monoisotopic (exact) mass is 359 g/mol. The van der Waals surface area contributed by atoms with Crippen LogP contribution >= 0.6 is 0 Å². The van der Waals surface area contributed by atoms with E-state index in [1.54, 1.807) is 18.2 Å². The number of ether oxygens (including phenoxy) is 3. The van der Waals surface area contributed by atoms with Crippen molar-refractivity contribution < 1.29 is 23.8 Å². The molecule has 0 bridgehead atoms. The number of ketones is 1. The maximum absolute atomic E-state index is 12.4. The molecule has 3 rings (SSSR count). The first-order valence-corrected chi connectivity index (χ1v) is 7.62. The first-order valence-electron chi connectivity index (χ1n) is 7.62. The van der Waals surface area contributed by atoms with Crippen molar-refractivity contribution in [1.82, 2.24) is 20.2 Å². The molecule has 0 saturated heterocycles. The number of fused-ring (bicyclic) bond motifs is 1. The van der Waals surface area contributed by atoms with Crippen molar-refractivity contribution in [3.8, 4) is 11.5 Å². The highest BCUT2D eigenvalue weighted by Crippen LogP contribution is 2.40. The lowest BCUT2D eigenvalue weighted by atomic mass is 9.92. The third kappa shape index (κ3) is 2.75. The van der Waals surface area contributed by atoms with Gasteiger partial charge in [0.2, 0.25) is 5.95 Å². The molecule has 1 aromatic carbocycles. The molecule has 1 N–H and O–H groups in total. The van der Waals surface area contributed by atoms with Gasteiger partial charge in [-0.2, -0.15) is 4.68 Å². The number of hydrogen-bond donors (Lipinski definition) is 1. The number of allylic oxidation sites excluding steroid dienone is 1. The molecule has 1 aliphatic heterocycles. The van der Waals surface area contributed by atoms with E-state index in [1.807, 2.05) is 0 Å². The molecule has 1 aromatic heterocycles. The van der Waals surface area contributed by atoms with Gasteiger partial charge in [0.05, 0.1) is 26.9 Å². The minimum absolute atomic E-state index is 0.00910. The molecule has 0 saturated carbocycles. The molecule has 2 heterocycles. The fourth-order valence-corrected chi connectivity index (χ4v) is 2.85. The topological polar surface area (TPSA) is 117 Å². The van der Waals surface area contributed by atoms with Gasteiger partial charge in [0.1, 0.15) is 23.2 Å². The second-order valence-corrected chi connectivity index (χ2v) is 5.42. The number of aromatic nitrogens is 4. The van der Waals surface area contributed by atoms with Crippen LogP contribution in [-0.2, 0) is 14.3 Å². The van der Waals surface area contributed by atoms with Crippen molar-refractivity contribution in [3.63, 3.8) is 0 Å². The predicted octanol–water partition coefficient (Wildman–Crippen LogP) is 0.721. The Kier molecular flexibility index (Phi) is 4.57. The van der Waals surface area contributed by atoms with Crippen LogP contribution in [0.3, 0.4) is 0 Å². The highest BCUT2D eigenvalue weighted by atomic mass is 16.5. The molecule has 10 nitrogen and oxygen atoms in total. The van der Waals surface area contributed by atoms with Gasteiger partial charge in [-0.05, 0) is 29.5 Å². The van der Waals surface area contributed by atoms with E-state index >= 15 is 0 Å². The van der Waals surface area contributed by atoms with Crippen LogP contribution in [0.4, 0.5) is 5.95 Å². The van der Waals surface area contributed by atoms with E-state index in [0.717, 1.165) is 0 Å². The molecule has 2 aromatic rings. The summed E-state index contributed by atoms with van der Waals surface area (Å²) in [5.41, 5.74) is 0.750. The first-order chi connectivity index (χ1) is 12.5. The molecule has 1 atom stereocenters. The van der Waals surface area contributed by atoms with E-state index in [4.69, 9.17) is 14.2 Å². The van der Waals surface area contributed by atoms with Crippen molar-refractivity contribution in [2.45, 2.75) is 13.0 Å². The van der Waals surface area contributed by atoms with Gasteiger partial charge in [-0.1, -0.05) is 5.10 Å². The molecular weight excluding hydrogens is 342 g/mol. The summed E-state index contributed by atoms with van der Waals surface area (Å²) in [6, 6.07) is 4.36. The summed E-state index contributed by atoms with van der Waals surface area (Å²) in [6.45, 7) is 1.36. The van der Waals surface area contributed by atoms with Crippen molar-refractivity contribution >= 4 is 17.7 Å². The highest BCUT2D eigenvalue weighted by molar-refractivity contribution is 6.06. The van der Waals surface area contributed by atoms with E-state index in [1.165, 1.54) is 32.9 Å². The Labute approximate surface area is 148 Å². The quantitative estimate of drug-likeness (QED) is 0.770. The third-order valence-electron chi connectivity index (χ3n) is 4.02. The summed E-state index contributed by atoms with van der Waals surface area (Å²) in [5.74, 6) is 0.223. The van der Waals surface area contributed by atoms with Crippen LogP contribution in [0.15, 0.2) is 29.5 Å². The van der Waals surface area contributed by atoms with E-state index < -0.39 is 12.0 Å². The number of anilines is 1. The first kappa shape index (κ1) is 17.4. The zero-order chi connectivity index (χ0) is 18.8. The van der Waals surface area contributed by atoms with Crippen molar-refractivity contribution in [3.05, 3.63) is 35.0 Å². The standard InChI is InChI=1S/C16H17N5O5/c1-8(22)12-13(15(23)26-4)17-16-18-19-20-21(16)14(12)10-6-5-9(24-2)7-11(10)25-3/h5-7,14H,1-4H3,(H,17,18,20)/t14-/m0/s1. The summed E-state index contributed by atoms with van der Waals surface area (Å²) in [5, 5.41) is 14.2. The number of methoxy groups -OCH3 is 3. The Morgan fingerprint density at radius 3 is 2.58 bits per heavy atom. The van der Waals surface area contributed by atoms with Crippen LogP contribution in [-0.4, -0.2) is 53.3 Å². The SMILES string of the molecule is COC(=O)C1=C(C(C)=O)[C@H](c2ccc(OC)cc2OC)n2nnnc2N1. The Hall–Kier alpha value is -3.43. The van der Waals surface area contributed by atoms with Crippen LogP contribution in [0.5, 0.6) is 11.5 Å². The molecule has 0 fully saturated rings. The molecule has 10 heteroatoms. The van der Waals surface area contributed by atoms with Crippen LogP contribution in [0, 0.1) is 0 Å². The molecule has 1 aliphatic rings. The molecule has 136 valence electrons. The van der Waals surface area contributed by atoms with E-state index in [9.17, 15) is 9.59 Å². The molecular formula is C16H17N5O5. The minimum atomic E-state index is -0.770. The average molecular weight is 359 g/mol. The lowest BCUT2D eigenvalue weighted by Gasteiger charge is -2.28. The van der Waals surface area contributed by atoms with Gasteiger partial charge in [-0.15, -0.1) is 0 Å². The smallest absolute Gasteiger partial charge is 0.355 e. The molecule has 0 radical (unpaired) electrons. The molecule has 0 spiro atoms. The number of nitrogens with zero attached hydrogens (tertiary/aromatic N) is 4. The molecule has 26 heavy (non-hydrogen) atoms. The van der Waals surface area contributed by atoms with Crippen LogP contribution in [0.25, 0.3) is 0 Å².